The van der Waals surface area contributed by atoms with Crippen LogP contribution in [0.5, 0.6) is 0 Å². The van der Waals surface area contributed by atoms with Gasteiger partial charge in [-0.1, -0.05) is 15.9 Å². The molecular formula is C4H8BrO4P. The summed E-state index contributed by atoms with van der Waals surface area (Å²) in [7, 11) is -0.830. The van der Waals surface area contributed by atoms with Gasteiger partial charge in [-0.05, 0) is 0 Å². The minimum atomic E-state index is -3.31. The third-order valence-electron chi connectivity index (χ3n) is 0.689. The van der Waals surface area contributed by atoms with Gasteiger partial charge in [-0.3, -0.25) is 9.05 Å². The van der Waals surface area contributed by atoms with Gasteiger partial charge in [0.2, 0.25) is 0 Å². The predicted molar refractivity (Wildman–Crippen MR) is 40.8 cm³/mol. The van der Waals surface area contributed by atoms with E-state index in [9.17, 15) is 4.57 Å². The van der Waals surface area contributed by atoms with E-state index in [1.807, 2.05) is 0 Å². The molecule has 0 N–H and O–H groups in total. The molecule has 0 aromatic rings. The van der Waals surface area contributed by atoms with E-state index in [0.717, 1.165) is 0 Å². The van der Waals surface area contributed by atoms with Gasteiger partial charge in [-0.25, -0.2) is 4.57 Å². The Kier molecular flexibility index (Phi) is 4.99. The van der Waals surface area contributed by atoms with Crippen LogP contribution in [-0.2, 0) is 18.1 Å². The maximum atomic E-state index is 11.0. The third kappa shape index (κ3) is 3.37. The van der Waals surface area contributed by atoms with Crippen molar-refractivity contribution in [2.45, 2.75) is 0 Å². The highest BCUT2D eigenvalue weighted by atomic mass is 79.9. The number of phosphoric acid groups is 1. The Labute approximate surface area is 67.9 Å². The lowest BCUT2D eigenvalue weighted by Crippen LogP contribution is -1.88. The van der Waals surface area contributed by atoms with E-state index in [1.165, 1.54) is 25.5 Å². The zero-order chi connectivity index (χ0) is 8.04. The van der Waals surface area contributed by atoms with Gasteiger partial charge in [0.1, 0.15) is 6.26 Å². The number of halogens is 1. The summed E-state index contributed by atoms with van der Waals surface area (Å²) >= 11 is 2.92. The summed E-state index contributed by atoms with van der Waals surface area (Å²) in [6.45, 7) is 0. The average Bonchev–Trinajstić information content (AvgIpc) is 2.00. The third-order valence-corrected chi connectivity index (χ3v) is 2.18. The van der Waals surface area contributed by atoms with Crippen molar-refractivity contribution in [3.63, 3.8) is 0 Å². The summed E-state index contributed by atoms with van der Waals surface area (Å²) in [4.78, 5) is 1.40. The Bertz CT molecular complexity index is 149. The molecule has 60 valence electrons. The van der Waals surface area contributed by atoms with Crippen LogP contribution in [0.25, 0.3) is 0 Å². The van der Waals surface area contributed by atoms with Gasteiger partial charge in [-0.2, -0.15) is 0 Å². The lowest BCUT2D eigenvalue weighted by atomic mass is 11.2. The molecule has 0 saturated heterocycles. The molecule has 0 atom stereocenters. The van der Waals surface area contributed by atoms with Crippen LogP contribution in [0, 0.1) is 0 Å². The van der Waals surface area contributed by atoms with Gasteiger partial charge < -0.3 is 4.52 Å². The molecule has 0 aliphatic carbocycles. The molecule has 0 amide bonds. The summed E-state index contributed by atoms with van der Waals surface area (Å²) in [6, 6.07) is 0. The predicted octanol–water partition coefficient (Wildman–Crippen LogP) is 2.27. The molecule has 0 saturated carbocycles. The molecule has 0 aliphatic rings. The fraction of sp³-hybridized carbons (Fsp3) is 0.500. The Morgan fingerprint density at radius 3 is 2.20 bits per heavy atom. The van der Waals surface area contributed by atoms with Gasteiger partial charge in [-0.15, -0.1) is 0 Å². The molecule has 0 radical (unpaired) electrons. The topological polar surface area (TPSA) is 44.8 Å². The summed E-state index contributed by atoms with van der Waals surface area (Å²) < 4.78 is 24.4. The molecule has 0 aromatic carbocycles. The summed E-state index contributed by atoms with van der Waals surface area (Å²) in [6.07, 6.45) is 1.17. The quantitative estimate of drug-likeness (QED) is 0.549. The van der Waals surface area contributed by atoms with Crippen LogP contribution >= 0.6 is 23.8 Å². The Morgan fingerprint density at radius 1 is 1.40 bits per heavy atom. The van der Waals surface area contributed by atoms with Crippen molar-refractivity contribution in [1.29, 1.82) is 0 Å². The Hall–Kier alpha value is 0.170. The van der Waals surface area contributed by atoms with Crippen molar-refractivity contribution in [2.24, 2.45) is 0 Å². The van der Waals surface area contributed by atoms with Crippen molar-refractivity contribution in [2.75, 3.05) is 14.2 Å². The lowest BCUT2D eigenvalue weighted by Gasteiger charge is -2.09. The number of rotatable bonds is 4. The van der Waals surface area contributed by atoms with Crippen molar-refractivity contribution in [3.05, 3.63) is 11.2 Å². The SMILES string of the molecule is COP(=O)(OC)OC=CBr. The first-order valence-corrected chi connectivity index (χ1v) is 4.71. The summed E-state index contributed by atoms with van der Waals surface area (Å²) in [5.41, 5.74) is 0. The van der Waals surface area contributed by atoms with Crippen LogP contribution in [0.4, 0.5) is 0 Å². The Balaban J connectivity index is 3.94. The zero-order valence-electron chi connectivity index (χ0n) is 5.61. The molecule has 0 spiro atoms. The van der Waals surface area contributed by atoms with Gasteiger partial charge in [0.15, 0.2) is 0 Å². The van der Waals surface area contributed by atoms with Crippen LogP contribution in [0.15, 0.2) is 11.2 Å². The first-order valence-electron chi connectivity index (χ1n) is 2.33. The molecule has 0 rings (SSSR count). The minimum absolute atomic E-state index is 1.17. The highest BCUT2D eigenvalue weighted by molar-refractivity contribution is 9.11. The largest absolute Gasteiger partial charge is 0.528 e. The molecule has 0 heterocycles. The van der Waals surface area contributed by atoms with E-state index in [1.54, 1.807) is 0 Å². The van der Waals surface area contributed by atoms with Gasteiger partial charge in [0.05, 0.1) is 0 Å². The normalized spacial score (nSPS) is 12.3. The molecule has 0 unspecified atom stereocenters. The highest BCUT2D eigenvalue weighted by Gasteiger charge is 2.21. The van der Waals surface area contributed by atoms with Gasteiger partial charge in [0, 0.05) is 19.2 Å². The first kappa shape index (κ1) is 10.2. The maximum absolute atomic E-state index is 11.0. The van der Waals surface area contributed by atoms with Crippen molar-refractivity contribution >= 4 is 23.8 Å². The number of hydrogen-bond acceptors (Lipinski definition) is 4. The van der Waals surface area contributed by atoms with Crippen molar-refractivity contribution < 1.29 is 18.1 Å². The van der Waals surface area contributed by atoms with Gasteiger partial charge in [0.25, 0.3) is 0 Å². The monoisotopic (exact) mass is 230 g/mol. The van der Waals surface area contributed by atoms with E-state index in [2.05, 4.69) is 29.5 Å². The molecule has 0 aliphatic heterocycles. The molecule has 0 bridgehead atoms. The second-order valence-corrected chi connectivity index (χ2v) is 3.54. The van der Waals surface area contributed by atoms with Crippen molar-refractivity contribution in [1.82, 2.24) is 0 Å². The van der Waals surface area contributed by atoms with E-state index in [4.69, 9.17) is 0 Å². The standard InChI is InChI=1S/C4H8BrO4P/c1-7-10(6,8-2)9-4-3-5/h3-4H,1-2H3. The second-order valence-electron chi connectivity index (χ2n) is 1.18. The Morgan fingerprint density at radius 2 is 1.90 bits per heavy atom. The molecule has 6 heteroatoms. The number of hydrogen-bond donors (Lipinski definition) is 0. The van der Waals surface area contributed by atoms with E-state index >= 15 is 0 Å². The van der Waals surface area contributed by atoms with E-state index < -0.39 is 7.82 Å². The average molecular weight is 231 g/mol. The molecule has 4 nitrogen and oxygen atoms in total. The summed E-state index contributed by atoms with van der Waals surface area (Å²) in [5, 5.41) is 0. The van der Waals surface area contributed by atoms with Crippen LogP contribution in [0.2, 0.25) is 0 Å². The lowest BCUT2D eigenvalue weighted by molar-refractivity contribution is 0.194. The highest BCUT2D eigenvalue weighted by Crippen LogP contribution is 2.47. The number of phosphoric ester groups is 1. The molecule has 0 aromatic heterocycles. The van der Waals surface area contributed by atoms with Crippen LogP contribution in [-0.4, -0.2) is 14.2 Å². The maximum Gasteiger partial charge on any atom is 0.528 e. The molecule has 0 fully saturated rings. The summed E-state index contributed by atoms with van der Waals surface area (Å²) in [5.74, 6) is 0. The van der Waals surface area contributed by atoms with E-state index in [0.29, 0.717) is 0 Å². The van der Waals surface area contributed by atoms with Crippen molar-refractivity contribution in [3.8, 4) is 0 Å². The fourth-order valence-corrected chi connectivity index (χ4v) is 1.06. The smallest absolute Gasteiger partial charge is 0.411 e. The fourth-order valence-electron chi connectivity index (χ4n) is 0.258. The molecule has 10 heavy (non-hydrogen) atoms. The van der Waals surface area contributed by atoms with Gasteiger partial charge >= 0.3 is 7.82 Å². The minimum Gasteiger partial charge on any atom is -0.411 e. The van der Waals surface area contributed by atoms with Crippen LogP contribution in [0.3, 0.4) is 0 Å². The first-order chi connectivity index (χ1) is 4.68. The van der Waals surface area contributed by atoms with Crippen LogP contribution < -0.4 is 0 Å². The zero-order valence-corrected chi connectivity index (χ0v) is 8.09. The van der Waals surface area contributed by atoms with E-state index in [-0.39, 0.29) is 0 Å². The van der Waals surface area contributed by atoms with Crippen LogP contribution in [0.1, 0.15) is 0 Å². The molecular weight excluding hydrogens is 223 g/mol. The second kappa shape index (κ2) is 4.91.